The Balaban J connectivity index is 3.00. The van der Waals surface area contributed by atoms with Gasteiger partial charge in [-0.15, -0.1) is 0 Å². The molecule has 0 bridgehead atoms. The van der Waals surface area contributed by atoms with Crippen molar-refractivity contribution in [3.8, 4) is 0 Å². The van der Waals surface area contributed by atoms with Gasteiger partial charge in [-0.25, -0.2) is 4.39 Å². The van der Waals surface area contributed by atoms with Crippen LogP contribution in [0.4, 0.5) is 4.39 Å². The Labute approximate surface area is 59.7 Å². The molecule has 0 heterocycles. The van der Waals surface area contributed by atoms with E-state index in [0.29, 0.717) is 5.30 Å². The maximum atomic E-state index is 12.3. The first kappa shape index (κ1) is 7.36. The number of hydrogen-bond donors (Lipinski definition) is 0. The topological polar surface area (TPSA) is 17.1 Å². The summed E-state index contributed by atoms with van der Waals surface area (Å²) in [6.45, 7) is 1.60. The highest BCUT2D eigenvalue weighted by Gasteiger charge is 1.95. The van der Waals surface area contributed by atoms with Gasteiger partial charge in [-0.1, -0.05) is 0 Å². The van der Waals surface area contributed by atoms with Crippen molar-refractivity contribution < 1.29 is 8.96 Å². The molecule has 0 saturated carbocycles. The predicted molar refractivity (Wildman–Crippen MR) is 39.6 cm³/mol. The van der Waals surface area contributed by atoms with Crippen LogP contribution in [0, 0.1) is 5.82 Å². The first-order chi connectivity index (χ1) is 4.70. The van der Waals surface area contributed by atoms with Crippen molar-refractivity contribution in [2.45, 2.75) is 0 Å². The molecule has 1 radical (unpaired) electrons. The van der Waals surface area contributed by atoms with E-state index in [0.717, 1.165) is 0 Å². The molecule has 1 rings (SSSR count). The fraction of sp³-hybridized carbons (Fsp3) is 0.143. The molecule has 1 unspecified atom stereocenters. The highest BCUT2D eigenvalue weighted by molar-refractivity contribution is 7.52. The second-order valence-electron chi connectivity index (χ2n) is 1.97. The molecule has 1 aromatic carbocycles. The van der Waals surface area contributed by atoms with Crippen LogP contribution in [0.25, 0.3) is 0 Å². The lowest BCUT2D eigenvalue weighted by Crippen LogP contribution is -1.93. The molecule has 53 valence electrons. The lowest BCUT2D eigenvalue weighted by molar-refractivity contribution is 0.596. The Morgan fingerprint density at radius 2 is 1.80 bits per heavy atom. The largest absolute Gasteiger partial charge is 0.282 e. The van der Waals surface area contributed by atoms with E-state index in [1.54, 1.807) is 6.66 Å². The SMILES string of the molecule is C[P](=O)c1ccc(F)cc1. The summed E-state index contributed by atoms with van der Waals surface area (Å²) in [5.74, 6) is -0.291. The fourth-order valence-electron chi connectivity index (χ4n) is 0.651. The van der Waals surface area contributed by atoms with Crippen molar-refractivity contribution in [2.24, 2.45) is 0 Å². The second kappa shape index (κ2) is 2.89. The normalized spacial score (nSPS) is 11.2. The van der Waals surface area contributed by atoms with Gasteiger partial charge in [0.05, 0.1) is 0 Å². The summed E-state index contributed by atoms with van der Waals surface area (Å²) in [6, 6.07) is 5.69. The van der Waals surface area contributed by atoms with Gasteiger partial charge in [-0.05, 0) is 24.3 Å². The molecule has 0 saturated heterocycles. The summed E-state index contributed by atoms with van der Waals surface area (Å²) < 4.78 is 23.0. The van der Waals surface area contributed by atoms with Gasteiger partial charge in [-0.3, -0.25) is 4.57 Å². The number of benzene rings is 1. The smallest absolute Gasteiger partial charge is 0.123 e. The highest BCUT2D eigenvalue weighted by Crippen LogP contribution is 2.12. The molecule has 1 aromatic rings. The zero-order valence-electron chi connectivity index (χ0n) is 5.54. The third kappa shape index (κ3) is 1.61. The van der Waals surface area contributed by atoms with Crippen LogP contribution < -0.4 is 5.30 Å². The maximum Gasteiger partial charge on any atom is 0.123 e. The van der Waals surface area contributed by atoms with Gasteiger partial charge in [0, 0.05) is 12.0 Å². The number of hydrogen-bond acceptors (Lipinski definition) is 1. The molecule has 0 spiro atoms. The fourth-order valence-corrected chi connectivity index (χ4v) is 1.22. The molecule has 0 aliphatic heterocycles. The minimum Gasteiger partial charge on any atom is -0.282 e. The zero-order chi connectivity index (χ0) is 7.56. The zero-order valence-corrected chi connectivity index (χ0v) is 6.44. The monoisotopic (exact) mass is 157 g/mol. The molecule has 1 nitrogen and oxygen atoms in total. The van der Waals surface area contributed by atoms with Crippen molar-refractivity contribution in [3.63, 3.8) is 0 Å². The van der Waals surface area contributed by atoms with Gasteiger partial charge in [0.15, 0.2) is 0 Å². The Morgan fingerprint density at radius 3 is 2.20 bits per heavy atom. The summed E-state index contributed by atoms with van der Waals surface area (Å²) >= 11 is 0. The summed E-state index contributed by atoms with van der Waals surface area (Å²) in [5.41, 5.74) is 0. The van der Waals surface area contributed by atoms with Crippen LogP contribution in [0.3, 0.4) is 0 Å². The summed E-state index contributed by atoms with van der Waals surface area (Å²) in [6.07, 6.45) is 0. The van der Waals surface area contributed by atoms with E-state index >= 15 is 0 Å². The van der Waals surface area contributed by atoms with E-state index in [2.05, 4.69) is 0 Å². The Hall–Kier alpha value is -0.750. The van der Waals surface area contributed by atoms with Gasteiger partial charge in [0.2, 0.25) is 0 Å². The van der Waals surface area contributed by atoms with Gasteiger partial charge in [0.1, 0.15) is 13.6 Å². The molecule has 0 fully saturated rings. The maximum absolute atomic E-state index is 12.3. The standard InChI is InChI=1S/C7H7FOP/c1-10(9)7-4-2-6(8)3-5-7/h2-5H,1H3. The van der Waals surface area contributed by atoms with Crippen LogP contribution in [0.2, 0.25) is 0 Å². The van der Waals surface area contributed by atoms with Crippen molar-refractivity contribution in [2.75, 3.05) is 6.66 Å². The van der Waals surface area contributed by atoms with Gasteiger partial charge in [0.25, 0.3) is 0 Å². The Kier molecular flexibility index (Phi) is 2.13. The average molecular weight is 157 g/mol. The van der Waals surface area contributed by atoms with Crippen LogP contribution in [0.1, 0.15) is 0 Å². The van der Waals surface area contributed by atoms with E-state index in [-0.39, 0.29) is 5.82 Å². The molecule has 0 aliphatic rings. The van der Waals surface area contributed by atoms with E-state index in [1.807, 2.05) is 0 Å². The summed E-state index contributed by atoms with van der Waals surface area (Å²) in [7, 11) is -1.32. The van der Waals surface area contributed by atoms with Crippen LogP contribution in [-0.2, 0) is 4.57 Å². The molecule has 0 amide bonds. The molecule has 0 aromatic heterocycles. The lowest BCUT2D eigenvalue weighted by atomic mass is 10.4. The molecular weight excluding hydrogens is 150 g/mol. The first-order valence-electron chi connectivity index (χ1n) is 2.86. The van der Waals surface area contributed by atoms with Crippen LogP contribution in [0.5, 0.6) is 0 Å². The van der Waals surface area contributed by atoms with Crippen LogP contribution in [-0.4, -0.2) is 6.66 Å². The van der Waals surface area contributed by atoms with Crippen molar-refractivity contribution in [3.05, 3.63) is 30.1 Å². The quantitative estimate of drug-likeness (QED) is 0.569. The van der Waals surface area contributed by atoms with Crippen molar-refractivity contribution in [1.82, 2.24) is 0 Å². The first-order valence-corrected chi connectivity index (χ1v) is 4.57. The molecule has 3 heteroatoms. The highest BCUT2D eigenvalue weighted by atomic mass is 31.1. The third-order valence-electron chi connectivity index (χ3n) is 1.19. The summed E-state index contributed by atoms with van der Waals surface area (Å²) in [4.78, 5) is 0. The lowest BCUT2D eigenvalue weighted by Gasteiger charge is -1.92. The van der Waals surface area contributed by atoms with E-state index in [4.69, 9.17) is 0 Å². The Bertz CT molecular complexity index is 242. The van der Waals surface area contributed by atoms with Gasteiger partial charge < -0.3 is 0 Å². The molecule has 10 heavy (non-hydrogen) atoms. The van der Waals surface area contributed by atoms with Crippen molar-refractivity contribution >= 4 is 13.1 Å². The van der Waals surface area contributed by atoms with Gasteiger partial charge in [-0.2, -0.15) is 0 Å². The number of halogens is 1. The minimum atomic E-state index is -1.32. The minimum absolute atomic E-state index is 0.291. The van der Waals surface area contributed by atoms with E-state index in [1.165, 1.54) is 24.3 Å². The van der Waals surface area contributed by atoms with E-state index < -0.39 is 7.80 Å². The van der Waals surface area contributed by atoms with Crippen molar-refractivity contribution in [1.29, 1.82) is 0 Å². The molecule has 1 atom stereocenters. The Morgan fingerprint density at radius 1 is 1.30 bits per heavy atom. The third-order valence-corrected chi connectivity index (χ3v) is 2.22. The molecule has 0 aliphatic carbocycles. The van der Waals surface area contributed by atoms with Crippen LogP contribution in [0.15, 0.2) is 24.3 Å². The molecule has 0 N–H and O–H groups in total. The summed E-state index contributed by atoms with van der Waals surface area (Å²) in [5, 5.41) is 0.691. The number of rotatable bonds is 1. The average Bonchev–Trinajstić information content (AvgIpc) is 1.88. The molecular formula is C7H7FOP. The predicted octanol–water partition coefficient (Wildman–Crippen LogP) is 1.91. The van der Waals surface area contributed by atoms with Crippen LogP contribution >= 0.6 is 7.80 Å². The second-order valence-corrected chi connectivity index (χ2v) is 3.49. The van der Waals surface area contributed by atoms with Gasteiger partial charge >= 0.3 is 0 Å². The van der Waals surface area contributed by atoms with E-state index in [9.17, 15) is 8.96 Å².